The minimum atomic E-state index is -0.0299. The van der Waals surface area contributed by atoms with E-state index in [0.717, 1.165) is 31.7 Å². The summed E-state index contributed by atoms with van der Waals surface area (Å²) in [6, 6.07) is 8.25. The first kappa shape index (κ1) is 19.8. The quantitative estimate of drug-likeness (QED) is 0.836. The second kappa shape index (κ2) is 9.78. The molecule has 2 N–H and O–H groups in total. The lowest BCUT2D eigenvalue weighted by molar-refractivity contribution is -0.124. The molecular formula is C18H29ClN2O2. The molecule has 0 aliphatic carbocycles. The van der Waals surface area contributed by atoms with Gasteiger partial charge in [-0.15, -0.1) is 12.4 Å². The zero-order valence-electron chi connectivity index (χ0n) is 14.3. The fraction of sp³-hybridized carbons (Fsp3) is 0.611. The van der Waals surface area contributed by atoms with E-state index in [1.54, 1.807) is 0 Å². The number of rotatable bonds is 6. The van der Waals surface area contributed by atoms with E-state index in [2.05, 4.69) is 37.5 Å². The molecular weight excluding hydrogens is 312 g/mol. The Labute approximate surface area is 145 Å². The van der Waals surface area contributed by atoms with Crippen molar-refractivity contribution >= 4 is 18.3 Å². The average Bonchev–Trinajstić information content (AvgIpc) is 2.54. The van der Waals surface area contributed by atoms with Crippen molar-refractivity contribution in [1.29, 1.82) is 0 Å². The summed E-state index contributed by atoms with van der Waals surface area (Å²) >= 11 is 0. The van der Waals surface area contributed by atoms with Crippen molar-refractivity contribution in [2.24, 2.45) is 5.92 Å². The number of hydrogen-bond donors (Lipinski definition) is 2. The highest BCUT2D eigenvalue weighted by Crippen LogP contribution is 2.28. The molecule has 1 heterocycles. The van der Waals surface area contributed by atoms with Crippen molar-refractivity contribution in [3.05, 3.63) is 29.8 Å². The lowest BCUT2D eigenvalue weighted by Gasteiger charge is -2.30. The number of carbonyl (C=O) groups is 1. The molecule has 2 rings (SSSR count). The van der Waals surface area contributed by atoms with Gasteiger partial charge in [0, 0.05) is 6.04 Å². The topological polar surface area (TPSA) is 50.4 Å². The fourth-order valence-electron chi connectivity index (χ4n) is 2.86. The van der Waals surface area contributed by atoms with Crippen LogP contribution in [0.1, 0.15) is 45.1 Å². The maximum atomic E-state index is 12.1. The third kappa shape index (κ3) is 5.70. The zero-order chi connectivity index (χ0) is 15.9. The number of benzene rings is 1. The molecule has 1 amide bonds. The first-order chi connectivity index (χ1) is 10.6. The summed E-state index contributed by atoms with van der Waals surface area (Å²) in [5.74, 6) is 1.69. The number of amides is 1. The Hall–Kier alpha value is -1.26. The maximum absolute atomic E-state index is 12.1. The van der Waals surface area contributed by atoms with E-state index < -0.39 is 0 Å². The standard InChI is InChI=1S/C18H28N2O2.ClH/c1-4-13(2)15-7-5-6-8-17(15)22-12-18(21)20-16-9-10-19-11-14(16)3;/h5-8,13-14,16,19H,4,9-12H2,1-3H3,(H,20,21);1H. The lowest BCUT2D eigenvalue weighted by atomic mass is 9.95. The Kier molecular flexibility index (Phi) is 8.42. The van der Waals surface area contributed by atoms with E-state index in [1.165, 1.54) is 5.56 Å². The Morgan fingerprint density at radius 3 is 2.87 bits per heavy atom. The highest BCUT2D eigenvalue weighted by molar-refractivity contribution is 5.85. The van der Waals surface area contributed by atoms with E-state index in [4.69, 9.17) is 4.74 Å². The molecule has 23 heavy (non-hydrogen) atoms. The Morgan fingerprint density at radius 2 is 2.17 bits per heavy atom. The van der Waals surface area contributed by atoms with Crippen LogP contribution in [0.15, 0.2) is 24.3 Å². The van der Waals surface area contributed by atoms with Crippen molar-refractivity contribution in [3.8, 4) is 5.75 Å². The van der Waals surface area contributed by atoms with Gasteiger partial charge in [0.05, 0.1) is 0 Å². The summed E-state index contributed by atoms with van der Waals surface area (Å²) in [7, 11) is 0. The molecule has 130 valence electrons. The second-order valence-electron chi connectivity index (χ2n) is 6.28. The molecule has 4 nitrogen and oxygen atoms in total. The van der Waals surface area contributed by atoms with E-state index in [-0.39, 0.29) is 31.0 Å². The first-order valence-corrected chi connectivity index (χ1v) is 8.33. The van der Waals surface area contributed by atoms with Gasteiger partial charge in [-0.25, -0.2) is 0 Å². The maximum Gasteiger partial charge on any atom is 0.258 e. The highest BCUT2D eigenvalue weighted by atomic mass is 35.5. The molecule has 3 atom stereocenters. The molecule has 1 aromatic carbocycles. The zero-order valence-corrected chi connectivity index (χ0v) is 15.1. The minimum Gasteiger partial charge on any atom is -0.483 e. The summed E-state index contributed by atoms with van der Waals surface area (Å²) in [4.78, 5) is 12.1. The number of nitrogens with one attached hydrogen (secondary N) is 2. The summed E-state index contributed by atoms with van der Waals surface area (Å²) in [5, 5.41) is 6.44. The van der Waals surface area contributed by atoms with Crippen LogP contribution < -0.4 is 15.4 Å². The fourth-order valence-corrected chi connectivity index (χ4v) is 2.86. The summed E-state index contributed by atoms with van der Waals surface area (Å²) in [6.07, 6.45) is 2.04. The van der Waals surface area contributed by atoms with Gasteiger partial charge in [0.15, 0.2) is 6.61 Å². The molecule has 1 aliphatic rings. The normalized spacial score (nSPS) is 21.9. The van der Waals surface area contributed by atoms with E-state index in [1.807, 2.05) is 18.2 Å². The largest absolute Gasteiger partial charge is 0.483 e. The van der Waals surface area contributed by atoms with Crippen LogP contribution in [-0.2, 0) is 4.79 Å². The summed E-state index contributed by atoms with van der Waals surface area (Å²) in [5.41, 5.74) is 1.17. The SMILES string of the molecule is CCC(C)c1ccccc1OCC(=O)NC1CCNCC1C.Cl. The predicted octanol–water partition coefficient (Wildman–Crippen LogP) is 3.11. The number of ether oxygens (including phenoxy) is 1. The van der Waals surface area contributed by atoms with Gasteiger partial charge in [0.25, 0.3) is 5.91 Å². The predicted molar refractivity (Wildman–Crippen MR) is 96.5 cm³/mol. The van der Waals surface area contributed by atoms with Crippen LogP contribution in [0.3, 0.4) is 0 Å². The van der Waals surface area contributed by atoms with Crippen LogP contribution in [0.2, 0.25) is 0 Å². The van der Waals surface area contributed by atoms with Gasteiger partial charge in [-0.1, -0.05) is 39.0 Å². The number of carbonyl (C=O) groups excluding carboxylic acids is 1. The molecule has 1 saturated heterocycles. The molecule has 0 radical (unpaired) electrons. The van der Waals surface area contributed by atoms with Crippen LogP contribution in [0.4, 0.5) is 0 Å². The molecule has 1 aromatic rings. The van der Waals surface area contributed by atoms with Gasteiger partial charge in [-0.05, 0) is 49.4 Å². The van der Waals surface area contributed by atoms with Crippen LogP contribution in [-0.4, -0.2) is 31.6 Å². The molecule has 0 bridgehead atoms. The van der Waals surface area contributed by atoms with Crippen molar-refractivity contribution < 1.29 is 9.53 Å². The first-order valence-electron chi connectivity index (χ1n) is 8.33. The van der Waals surface area contributed by atoms with E-state index in [9.17, 15) is 4.79 Å². The number of piperidine rings is 1. The van der Waals surface area contributed by atoms with Gasteiger partial charge < -0.3 is 15.4 Å². The highest BCUT2D eigenvalue weighted by Gasteiger charge is 2.22. The van der Waals surface area contributed by atoms with Gasteiger partial charge in [-0.3, -0.25) is 4.79 Å². The smallest absolute Gasteiger partial charge is 0.258 e. The van der Waals surface area contributed by atoms with Crippen molar-refractivity contribution in [2.75, 3.05) is 19.7 Å². The summed E-state index contributed by atoms with van der Waals surface area (Å²) in [6.45, 7) is 8.52. The number of hydrogen-bond acceptors (Lipinski definition) is 3. The molecule has 0 spiro atoms. The van der Waals surface area contributed by atoms with Crippen LogP contribution in [0, 0.1) is 5.92 Å². The molecule has 3 unspecified atom stereocenters. The molecule has 1 fully saturated rings. The van der Waals surface area contributed by atoms with E-state index >= 15 is 0 Å². The Morgan fingerprint density at radius 1 is 1.43 bits per heavy atom. The van der Waals surface area contributed by atoms with Crippen LogP contribution >= 0.6 is 12.4 Å². The Bertz CT molecular complexity index is 496. The monoisotopic (exact) mass is 340 g/mol. The number of halogens is 1. The minimum absolute atomic E-state index is 0. The summed E-state index contributed by atoms with van der Waals surface area (Å²) < 4.78 is 5.77. The van der Waals surface area contributed by atoms with E-state index in [0.29, 0.717) is 11.8 Å². The van der Waals surface area contributed by atoms with Gasteiger partial charge in [-0.2, -0.15) is 0 Å². The second-order valence-corrected chi connectivity index (χ2v) is 6.28. The van der Waals surface area contributed by atoms with Crippen LogP contribution in [0.5, 0.6) is 5.75 Å². The van der Waals surface area contributed by atoms with Gasteiger partial charge in [0.1, 0.15) is 5.75 Å². The Balaban J connectivity index is 0.00000264. The number of para-hydroxylation sites is 1. The third-order valence-electron chi connectivity index (χ3n) is 4.55. The van der Waals surface area contributed by atoms with Crippen molar-refractivity contribution in [3.63, 3.8) is 0 Å². The van der Waals surface area contributed by atoms with Crippen LogP contribution in [0.25, 0.3) is 0 Å². The van der Waals surface area contributed by atoms with Crippen molar-refractivity contribution in [1.82, 2.24) is 10.6 Å². The average molecular weight is 341 g/mol. The molecule has 0 saturated carbocycles. The van der Waals surface area contributed by atoms with Gasteiger partial charge in [0.2, 0.25) is 0 Å². The molecule has 5 heteroatoms. The lowest BCUT2D eigenvalue weighted by Crippen LogP contribution is -2.49. The molecule has 0 aromatic heterocycles. The molecule has 1 aliphatic heterocycles. The third-order valence-corrected chi connectivity index (χ3v) is 4.55. The van der Waals surface area contributed by atoms with Gasteiger partial charge >= 0.3 is 0 Å². The van der Waals surface area contributed by atoms with Crippen molar-refractivity contribution in [2.45, 2.75) is 45.6 Å².